The van der Waals surface area contributed by atoms with Gasteiger partial charge in [-0.25, -0.2) is 4.98 Å². The predicted octanol–water partition coefficient (Wildman–Crippen LogP) is 3.30. The van der Waals surface area contributed by atoms with E-state index in [0.29, 0.717) is 12.0 Å². The molecule has 0 spiro atoms. The van der Waals surface area contributed by atoms with Crippen LogP contribution in [0.2, 0.25) is 0 Å². The fraction of sp³-hybridized carbons (Fsp3) is 0.692. The number of carbonyl (C=O) groups excluding carboxylic acids is 1. The molecule has 0 aromatic carbocycles. The normalized spacial score (nSPS) is 13.4. The van der Waals surface area contributed by atoms with Crippen molar-refractivity contribution in [3.63, 3.8) is 0 Å². The van der Waals surface area contributed by atoms with Crippen molar-refractivity contribution in [1.29, 1.82) is 0 Å². The smallest absolute Gasteiger partial charge is 0.171 e. The molecule has 0 N–H and O–H groups in total. The zero-order valence-corrected chi connectivity index (χ0v) is 12.4. The number of nitrogens with zero attached hydrogens (tertiary/aromatic N) is 2. The Hall–Kier alpha value is -0.740. The Morgan fingerprint density at radius 3 is 2.35 bits per heavy atom. The van der Waals surface area contributed by atoms with Crippen molar-refractivity contribution in [2.75, 3.05) is 14.1 Å². The van der Waals surface area contributed by atoms with Gasteiger partial charge in [-0.15, -0.1) is 11.3 Å². The van der Waals surface area contributed by atoms with Crippen LogP contribution in [0, 0.1) is 12.8 Å². The van der Waals surface area contributed by atoms with Gasteiger partial charge in [0.05, 0.1) is 16.6 Å². The van der Waals surface area contributed by atoms with Gasteiger partial charge in [0.25, 0.3) is 0 Å². The van der Waals surface area contributed by atoms with Gasteiger partial charge in [0.2, 0.25) is 0 Å². The van der Waals surface area contributed by atoms with Gasteiger partial charge in [0.1, 0.15) is 5.01 Å². The summed E-state index contributed by atoms with van der Waals surface area (Å²) in [6.45, 7) is 7.95. The fourth-order valence-corrected chi connectivity index (χ4v) is 3.04. The number of aromatic nitrogens is 1. The molecule has 0 saturated heterocycles. The maximum Gasteiger partial charge on any atom is 0.171 e. The molecule has 0 aliphatic carbocycles. The highest BCUT2D eigenvalue weighted by Gasteiger charge is 2.21. The van der Waals surface area contributed by atoms with Crippen LogP contribution in [0.5, 0.6) is 0 Å². The van der Waals surface area contributed by atoms with E-state index in [4.69, 9.17) is 0 Å². The summed E-state index contributed by atoms with van der Waals surface area (Å²) in [6.07, 6.45) is 1.07. The highest BCUT2D eigenvalue weighted by Crippen LogP contribution is 2.31. The molecule has 0 bridgehead atoms. The standard InChI is InChI=1S/C13H22N2OS/c1-8(2)7-11(15(5)6)13-14-9(3)12(17-13)10(4)16/h8,11H,7H2,1-6H3. The summed E-state index contributed by atoms with van der Waals surface area (Å²) in [5.41, 5.74) is 0.869. The Balaban J connectivity index is 3.03. The lowest BCUT2D eigenvalue weighted by Gasteiger charge is -2.23. The van der Waals surface area contributed by atoms with E-state index in [1.807, 2.05) is 6.92 Å². The number of ketones is 1. The lowest BCUT2D eigenvalue weighted by atomic mass is 10.0. The molecule has 1 rings (SSSR count). The third kappa shape index (κ3) is 3.61. The van der Waals surface area contributed by atoms with Gasteiger partial charge < -0.3 is 4.90 Å². The first kappa shape index (κ1) is 14.3. The Labute approximate surface area is 108 Å². The van der Waals surface area contributed by atoms with Crippen LogP contribution in [0.1, 0.15) is 53.6 Å². The van der Waals surface area contributed by atoms with E-state index in [1.165, 1.54) is 0 Å². The summed E-state index contributed by atoms with van der Waals surface area (Å²) in [6, 6.07) is 0.312. The first-order valence-corrected chi connectivity index (χ1v) is 6.79. The number of Topliss-reactive ketones (excluding diaryl/α,β-unsaturated/α-hetero) is 1. The minimum absolute atomic E-state index is 0.119. The molecule has 0 radical (unpaired) electrons. The van der Waals surface area contributed by atoms with Crippen LogP contribution in [-0.2, 0) is 0 Å². The number of aryl methyl sites for hydroxylation is 1. The van der Waals surface area contributed by atoms with Crippen molar-refractivity contribution in [1.82, 2.24) is 9.88 Å². The second-order valence-electron chi connectivity index (χ2n) is 5.13. The molecule has 0 amide bonds. The summed E-state index contributed by atoms with van der Waals surface area (Å²) >= 11 is 1.54. The zero-order valence-electron chi connectivity index (χ0n) is 11.6. The Morgan fingerprint density at radius 2 is 2.00 bits per heavy atom. The molecule has 0 fully saturated rings. The molecule has 0 aliphatic rings. The first-order valence-electron chi connectivity index (χ1n) is 5.97. The molecule has 1 atom stereocenters. The molecular formula is C13H22N2OS. The molecule has 17 heavy (non-hydrogen) atoms. The average molecular weight is 254 g/mol. The summed E-state index contributed by atoms with van der Waals surface area (Å²) in [4.78, 5) is 19.0. The molecule has 3 nitrogen and oxygen atoms in total. The van der Waals surface area contributed by atoms with Crippen molar-refractivity contribution >= 4 is 17.1 Å². The molecule has 1 aromatic heterocycles. The molecule has 96 valence electrons. The molecular weight excluding hydrogens is 232 g/mol. The number of hydrogen-bond acceptors (Lipinski definition) is 4. The van der Waals surface area contributed by atoms with Crippen molar-refractivity contribution in [2.24, 2.45) is 5.92 Å². The van der Waals surface area contributed by atoms with E-state index in [-0.39, 0.29) is 5.78 Å². The minimum Gasteiger partial charge on any atom is -0.300 e. The third-order valence-electron chi connectivity index (χ3n) is 2.74. The molecule has 0 saturated carbocycles. The van der Waals surface area contributed by atoms with Gasteiger partial charge in [0.15, 0.2) is 5.78 Å². The second-order valence-corrected chi connectivity index (χ2v) is 6.16. The number of thiazole rings is 1. The van der Waals surface area contributed by atoms with Crippen LogP contribution in [-0.4, -0.2) is 29.8 Å². The van der Waals surface area contributed by atoms with Gasteiger partial charge >= 0.3 is 0 Å². The Kier molecular flexibility index (Phi) is 4.83. The lowest BCUT2D eigenvalue weighted by Crippen LogP contribution is -2.21. The van der Waals surface area contributed by atoms with Gasteiger partial charge in [-0.3, -0.25) is 4.79 Å². The van der Waals surface area contributed by atoms with Crippen molar-refractivity contribution < 1.29 is 4.79 Å². The molecule has 4 heteroatoms. The van der Waals surface area contributed by atoms with Gasteiger partial charge in [0, 0.05) is 6.92 Å². The van der Waals surface area contributed by atoms with Crippen LogP contribution in [0.15, 0.2) is 0 Å². The molecule has 1 heterocycles. The van der Waals surface area contributed by atoms with Crippen LogP contribution in [0.4, 0.5) is 0 Å². The fourth-order valence-electron chi connectivity index (χ4n) is 1.87. The van der Waals surface area contributed by atoms with Crippen molar-refractivity contribution in [2.45, 2.75) is 40.2 Å². The number of hydrogen-bond donors (Lipinski definition) is 0. The predicted molar refractivity (Wildman–Crippen MR) is 72.7 cm³/mol. The topological polar surface area (TPSA) is 33.2 Å². The monoisotopic (exact) mass is 254 g/mol. The SMILES string of the molecule is CC(=O)c1sc(C(CC(C)C)N(C)C)nc1C. The van der Waals surface area contributed by atoms with E-state index in [1.54, 1.807) is 18.3 Å². The summed E-state index contributed by atoms with van der Waals surface area (Å²) in [5.74, 6) is 0.737. The zero-order chi connectivity index (χ0) is 13.2. The van der Waals surface area contributed by atoms with Crippen LogP contribution < -0.4 is 0 Å². The van der Waals surface area contributed by atoms with Gasteiger partial charge in [-0.05, 0) is 33.4 Å². The third-order valence-corrected chi connectivity index (χ3v) is 4.10. The molecule has 1 aromatic rings. The highest BCUT2D eigenvalue weighted by molar-refractivity contribution is 7.13. The quantitative estimate of drug-likeness (QED) is 0.756. The first-order chi connectivity index (χ1) is 7.82. The largest absolute Gasteiger partial charge is 0.300 e. The maximum absolute atomic E-state index is 11.5. The summed E-state index contributed by atoms with van der Waals surface area (Å²) < 4.78 is 0. The van der Waals surface area contributed by atoms with E-state index in [2.05, 4.69) is 37.8 Å². The van der Waals surface area contributed by atoms with Crippen molar-refractivity contribution in [3.05, 3.63) is 15.6 Å². The summed E-state index contributed by atoms with van der Waals surface area (Å²) in [5, 5.41) is 1.06. The van der Waals surface area contributed by atoms with Crippen LogP contribution in [0.25, 0.3) is 0 Å². The van der Waals surface area contributed by atoms with E-state index >= 15 is 0 Å². The summed E-state index contributed by atoms with van der Waals surface area (Å²) in [7, 11) is 4.13. The van der Waals surface area contributed by atoms with Gasteiger partial charge in [-0.1, -0.05) is 13.8 Å². The van der Waals surface area contributed by atoms with E-state index < -0.39 is 0 Å². The maximum atomic E-state index is 11.5. The highest BCUT2D eigenvalue weighted by atomic mass is 32.1. The Bertz CT molecular complexity index is 396. The molecule has 1 unspecified atom stereocenters. The number of rotatable bonds is 5. The minimum atomic E-state index is 0.119. The van der Waals surface area contributed by atoms with E-state index in [0.717, 1.165) is 22.0 Å². The van der Waals surface area contributed by atoms with E-state index in [9.17, 15) is 4.79 Å². The Morgan fingerprint density at radius 1 is 1.41 bits per heavy atom. The van der Waals surface area contributed by atoms with Crippen LogP contribution >= 0.6 is 11.3 Å². The van der Waals surface area contributed by atoms with Crippen molar-refractivity contribution in [3.8, 4) is 0 Å². The lowest BCUT2D eigenvalue weighted by molar-refractivity contribution is 0.102. The molecule has 0 aliphatic heterocycles. The average Bonchev–Trinajstić information content (AvgIpc) is 2.55. The number of carbonyl (C=O) groups is 1. The van der Waals surface area contributed by atoms with Gasteiger partial charge in [-0.2, -0.15) is 0 Å². The van der Waals surface area contributed by atoms with Crippen LogP contribution in [0.3, 0.4) is 0 Å². The second kappa shape index (κ2) is 5.74.